The van der Waals surface area contributed by atoms with Crippen molar-refractivity contribution in [1.82, 2.24) is 20.0 Å². The van der Waals surface area contributed by atoms with Crippen LogP contribution in [0, 0.1) is 13.8 Å². The summed E-state index contributed by atoms with van der Waals surface area (Å²) in [4.78, 5) is 38.5. The number of urea groups is 1. The Morgan fingerprint density at radius 2 is 1.89 bits per heavy atom. The maximum absolute atomic E-state index is 12.9. The number of rotatable bonds is 4. The maximum Gasteiger partial charge on any atom is 0.325 e. The van der Waals surface area contributed by atoms with Crippen molar-refractivity contribution in [2.45, 2.75) is 26.3 Å². The molecule has 1 aromatic heterocycles. The molecule has 1 aliphatic rings. The number of carbonyl (C=O) groups excluding carboxylic acids is 3. The number of nitrogens with zero attached hydrogens (tertiary/aromatic N) is 3. The molecule has 1 aromatic carbocycles. The Morgan fingerprint density at radius 3 is 2.44 bits per heavy atom. The van der Waals surface area contributed by atoms with E-state index in [1.165, 1.54) is 0 Å². The van der Waals surface area contributed by atoms with Gasteiger partial charge in [0.2, 0.25) is 5.91 Å². The van der Waals surface area contributed by atoms with Gasteiger partial charge in [0.05, 0.1) is 17.1 Å². The number of halogens is 1. The van der Waals surface area contributed by atoms with E-state index in [-0.39, 0.29) is 6.54 Å². The number of aromatic nitrogens is 2. The molecule has 0 saturated carbocycles. The fourth-order valence-electron chi connectivity index (χ4n) is 3.10. The van der Waals surface area contributed by atoms with Gasteiger partial charge in [-0.2, -0.15) is 5.10 Å². The van der Waals surface area contributed by atoms with Gasteiger partial charge in [-0.15, -0.1) is 0 Å². The Labute approximate surface area is 161 Å². The molecular weight excluding hydrogens is 370 g/mol. The Kier molecular flexibility index (Phi) is 4.69. The molecule has 1 unspecified atom stereocenters. The molecular formula is C18H20ClN5O3. The zero-order chi connectivity index (χ0) is 19.9. The monoisotopic (exact) mass is 389 g/mol. The Hall–Kier alpha value is -2.87. The smallest absolute Gasteiger partial charge is 0.321 e. The normalized spacial score (nSPS) is 19.4. The fourth-order valence-corrected chi connectivity index (χ4v) is 3.22. The molecule has 27 heavy (non-hydrogen) atoms. The Bertz CT molecular complexity index is 937. The highest BCUT2D eigenvalue weighted by molar-refractivity contribution is 6.30. The molecule has 3 rings (SSSR count). The molecule has 9 heteroatoms. The first kappa shape index (κ1) is 18.9. The minimum absolute atomic E-state index is 0.387. The lowest BCUT2D eigenvalue weighted by Crippen LogP contribution is -2.42. The predicted octanol–water partition coefficient (Wildman–Crippen LogP) is 2.10. The van der Waals surface area contributed by atoms with E-state index in [4.69, 9.17) is 11.6 Å². The second-order valence-corrected chi connectivity index (χ2v) is 7.11. The second-order valence-electron chi connectivity index (χ2n) is 6.67. The minimum atomic E-state index is -1.25. The van der Waals surface area contributed by atoms with Gasteiger partial charge < -0.3 is 10.6 Å². The van der Waals surface area contributed by atoms with Gasteiger partial charge in [0.1, 0.15) is 12.1 Å². The summed E-state index contributed by atoms with van der Waals surface area (Å²) >= 11 is 5.89. The van der Waals surface area contributed by atoms with E-state index in [2.05, 4.69) is 15.7 Å². The van der Waals surface area contributed by atoms with Crippen molar-refractivity contribution in [1.29, 1.82) is 0 Å². The van der Waals surface area contributed by atoms with E-state index in [9.17, 15) is 14.4 Å². The van der Waals surface area contributed by atoms with Gasteiger partial charge in [0, 0.05) is 12.1 Å². The summed E-state index contributed by atoms with van der Waals surface area (Å²) in [6.07, 6.45) is 0. The molecule has 4 amide bonds. The topological polar surface area (TPSA) is 96.3 Å². The van der Waals surface area contributed by atoms with Crippen molar-refractivity contribution in [2.24, 2.45) is 7.05 Å². The van der Waals surface area contributed by atoms with Gasteiger partial charge in [-0.05, 0) is 38.5 Å². The largest absolute Gasteiger partial charge is 0.325 e. The van der Waals surface area contributed by atoms with E-state index < -0.39 is 23.4 Å². The highest BCUT2D eigenvalue weighted by Crippen LogP contribution is 2.29. The zero-order valence-corrected chi connectivity index (χ0v) is 16.2. The summed E-state index contributed by atoms with van der Waals surface area (Å²) in [5, 5.41) is 10.1. The van der Waals surface area contributed by atoms with Crippen molar-refractivity contribution in [3.8, 4) is 0 Å². The van der Waals surface area contributed by atoms with Crippen LogP contribution in [0.3, 0.4) is 0 Å². The Balaban J connectivity index is 1.77. The van der Waals surface area contributed by atoms with Crippen molar-refractivity contribution in [3.63, 3.8) is 0 Å². The first-order chi connectivity index (χ1) is 12.6. The van der Waals surface area contributed by atoms with Crippen LogP contribution in [0.15, 0.2) is 24.3 Å². The number of benzene rings is 1. The third-order valence-electron chi connectivity index (χ3n) is 4.77. The lowest BCUT2D eigenvalue weighted by molar-refractivity contribution is -0.133. The van der Waals surface area contributed by atoms with E-state index in [1.54, 1.807) is 49.8 Å². The third kappa shape index (κ3) is 3.28. The summed E-state index contributed by atoms with van der Waals surface area (Å²) in [7, 11) is 1.77. The fraction of sp³-hybridized carbons (Fsp3) is 0.333. The van der Waals surface area contributed by atoms with Crippen LogP contribution in [0.5, 0.6) is 0 Å². The van der Waals surface area contributed by atoms with Gasteiger partial charge >= 0.3 is 6.03 Å². The lowest BCUT2D eigenvalue weighted by Gasteiger charge is -2.22. The average Bonchev–Trinajstić information content (AvgIpc) is 2.97. The van der Waals surface area contributed by atoms with Crippen LogP contribution in [0.1, 0.15) is 23.9 Å². The quantitative estimate of drug-likeness (QED) is 0.782. The van der Waals surface area contributed by atoms with Gasteiger partial charge in [0.15, 0.2) is 0 Å². The molecule has 1 saturated heterocycles. The number of carbonyl (C=O) groups is 3. The first-order valence-electron chi connectivity index (χ1n) is 8.33. The van der Waals surface area contributed by atoms with E-state index in [0.29, 0.717) is 22.0 Å². The van der Waals surface area contributed by atoms with Crippen molar-refractivity contribution >= 4 is 35.1 Å². The minimum Gasteiger partial charge on any atom is -0.321 e. The molecule has 2 N–H and O–H groups in total. The molecule has 0 spiro atoms. The molecule has 8 nitrogen and oxygen atoms in total. The van der Waals surface area contributed by atoms with Crippen LogP contribution >= 0.6 is 11.6 Å². The van der Waals surface area contributed by atoms with Gasteiger partial charge in [-0.25, -0.2) is 4.79 Å². The molecule has 0 aliphatic carbocycles. The molecule has 142 valence electrons. The number of aryl methyl sites for hydroxylation is 2. The molecule has 1 fully saturated rings. The summed E-state index contributed by atoms with van der Waals surface area (Å²) in [6, 6.07) is 6.02. The zero-order valence-electron chi connectivity index (χ0n) is 15.5. The van der Waals surface area contributed by atoms with Crippen molar-refractivity contribution in [2.75, 3.05) is 11.9 Å². The number of nitrogens with one attached hydrogen (secondary N) is 2. The highest BCUT2D eigenvalue weighted by atomic mass is 35.5. The lowest BCUT2D eigenvalue weighted by atomic mass is 9.92. The number of hydrogen-bond donors (Lipinski definition) is 2. The van der Waals surface area contributed by atoms with E-state index >= 15 is 0 Å². The summed E-state index contributed by atoms with van der Waals surface area (Å²) in [6.45, 7) is 4.81. The highest BCUT2D eigenvalue weighted by Gasteiger charge is 2.49. The van der Waals surface area contributed by atoms with Gasteiger partial charge in [-0.1, -0.05) is 23.7 Å². The van der Waals surface area contributed by atoms with Gasteiger partial charge in [-0.3, -0.25) is 19.2 Å². The van der Waals surface area contributed by atoms with Crippen molar-refractivity contribution in [3.05, 3.63) is 46.2 Å². The standard InChI is InChI=1S/C18H20ClN5O3/c1-10-15(11(2)23(4)22-10)20-14(25)9-24-16(26)18(3,21-17(24)27)12-5-7-13(19)8-6-12/h5-8H,9H2,1-4H3,(H,20,25)(H,21,27). The average molecular weight is 390 g/mol. The summed E-state index contributed by atoms with van der Waals surface area (Å²) in [5.74, 6) is -0.970. The molecule has 2 aromatic rings. The summed E-state index contributed by atoms with van der Waals surface area (Å²) in [5.41, 5.74) is 1.36. The molecule has 0 radical (unpaired) electrons. The van der Waals surface area contributed by atoms with Crippen molar-refractivity contribution < 1.29 is 14.4 Å². The number of imide groups is 1. The number of anilines is 1. The van der Waals surface area contributed by atoms with Crippen LogP contribution in [0.4, 0.5) is 10.5 Å². The van der Waals surface area contributed by atoms with Crippen LogP contribution in [-0.4, -0.2) is 39.1 Å². The second kappa shape index (κ2) is 6.70. The van der Waals surface area contributed by atoms with Crippen LogP contribution in [-0.2, 0) is 22.2 Å². The van der Waals surface area contributed by atoms with Gasteiger partial charge in [0.25, 0.3) is 5.91 Å². The SMILES string of the molecule is Cc1nn(C)c(C)c1NC(=O)CN1C(=O)NC(C)(c2ccc(Cl)cc2)C1=O. The molecule has 0 bridgehead atoms. The molecule has 1 atom stereocenters. The van der Waals surface area contributed by atoms with Crippen LogP contribution in [0.2, 0.25) is 5.02 Å². The van der Waals surface area contributed by atoms with Crippen LogP contribution < -0.4 is 10.6 Å². The molecule has 2 heterocycles. The third-order valence-corrected chi connectivity index (χ3v) is 5.02. The molecule has 1 aliphatic heterocycles. The number of amides is 4. The number of hydrogen-bond acceptors (Lipinski definition) is 4. The van der Waals surface area contributed by atoms with E-state index in [0.717, 1.165) is 10.6 Å². The first-order valence-corrected chi connectivity index (χ1v) is 8.71. The summed E-state index contributed by atoms with van der Waals surface area (Å²) < 4.78 is 1.65. The Morgan fingerprint density at radius 1 is 1.26 bits per heavy atom. The predicted molar refractivity (Wildman–Crippen MR) is 100 cm³/mol. The van der Waals surface area contributed by atoms with Crippen LogP contribution in [0.25, 0.3) is 0 Å². The maximum atomic E-state index is 12.9. The van der Waals surface area contributed by atoms with E-state index in [1.807, 2.05) is 6.92 Å².